The minimum absolute atomic E-state index is 0.113. The summed E-state index contributed by atoms with van der Waals surface area (Å²) in [6.07, 6.45) is 1.80. The van der Waals surface area contributed by atoms with Gasteiger partial charge in [-0.2, -0.15) is 0 Å². The van der Waals surface area contributed by atoms with Crippen molar-refractivity contribution >= 4 is 37.2 Å². The van der Waals surface area contributed by atoms with Crippen LogP contribution in [0.5, 0.6) is 11.5 Å². The van der Waals surface area contributed by atoms with Gasteiger partial charge in [0, 0.05) is 35.5 Å². The maximum Gasteiger partial charge on any atom is 0.266 e. The van der Waals surface area contributed by atoms with E-state index in [0.717, 1.165) is 11.1 Å². The zero-order chi connectivity index (χ0) is 40.2. The molecule has 6 aromatic rings. The van der Waals surface area contributed by atoms with Crippen LogP contribution in [0, 0.1) is 5.92 Å². The number of amides is 2. The highest BCUT2D eigenvalue weighted by molar-refractivity contribution is 6.71. The largest absolute Gasteiger partial charge is 0.454 e. The molecule has 1 spiro atoms. The van der Waals surface area contributed by atoms with Crippen LogP contribution in [0.1, 0.15) is 52.0 Å². The van der Waals surface area contributed by atoms with Crippen molar-refractivity contribution in [1.82, 2.24) is 15.0 Å². The van der Waals surface area contributed by atoms with E-state index < -0.39 is 25.9 Å². The molecule has 1 unspecified atom stereocenters. The van der Waals surface area contributed by atoms with E-state index in [1.807, 2.05) is 141 Å². The standard InChI is InChI=1S/C46H45N5O6Si/c1-30-43(58(2,3)55)42(24-25-49-28-37(47-48-49)35(29-52)32-16-8-5-9-17-32)57-46(30)36-26-33(22-23-38(36)50(45(46)54)27-31-14-6-4-7-15-31)51-39-19-11-13-21-41(39)56-40-20-12-10-18-34(40)44(51)53/h4-23,26,28,30,35,42-43,52,55H,24-25,27,29H2,1-3H3/t30-,35?,42+,43-,46+/m1/s1. The summed E-state index contributed by atoms with van der Waals surface area (Å²) in [4.78, 5) is 45.3. The summed E-state index contributed by atoms with van der Waals surface area (Å²) in [5.41, 5.74) is 3.69. The van der Waals surface area contributed by atoms with Gasteiger partial charge in [-0.25, -0.2) is 0 Å². The Kier molecular flexibility index (Phi) is 9.60. The highest BCUT2D eigenvalue weighted by Crippen LogP contribution is 2.60. The quantitative estimate of drug-likeness (QED) is 0.134. The average Bonchev–Trinajstić information content (AvgIpc) is 3.86. The lowest BCUT2D eigenvalue weighted by Crippen LogP contribution is -2.46. The third-order valence-corrected chi connectivity index (χ3v) is 14.5. The van der Waals surface area contributed by atoms with Crippen LogP contribution < -0.4 is 14.5 Å². The van der Waals surface area contributed by atoms with Crippen molar-refractivity contribution in [3.8, 4) is 11.5 Å². The minimum Gasteiger partial charge on any atom is -0.454 e. The smallest absolute Gasteiger partial charge is 0.266 e. The van der Waals surface area contributed by atoms with Gasteiger partial charge in [-0.1, -0.05) is 97.1 Å². The molecular weight excluding hydrogens is 747 g/mol. The fourth-order valence-electron chi connectivity index (χ4n) is 9.36. The summed E-state index contributed by atoms with van der Waals surface area (Å²) in [5, 5.41) is 19.1. The molecule has 3 aliphatic heterocycles. The number of carbonyl (C=O) groups is 2. The highest BCUT2D eigenvalue weighted by Gasteiger charge is 2.66. The number of fused-ring (bicyclic) bond motifs is 4. The van der Waals surface area contributed by atoms with Crippen molar-refractivity contribution in [2.45, 2.75) is 62.7 Å². The van der Waals surface area contributed by atoms with Crippen molar-refractivity contribution in [1.29, 1.82) is 0 Å². The van der Waals surface area contributed by atoms with Crippen LogP contribution in [0.25, 0.3) is 0 Å². The van der Waals surface area contributed by atoms with E-state index in [4.69, 9.17) is 9.47 Å². The van der Waals surface area contributed by atoms with Crippen molar-refractivity contribution in [3.05, 3.63) is 162 Å². The molecule has 0 bridgehead atoms. The van der Waals surface area contributed by atoms with E-state index in [1.165, 1.54) is 0 Å². The van der Waals surface area contributed by atoms with Gasteiger partial charge in [0.15, 0.2) is 19.7 Å². The van der Waals surface area contributed by atoms with Crippen LogP contribution in [-0.4, -0.2) is 57.7 Å². The maximum absolute atomic E-state index is 15.3. The molecule has 0 aliphatic carbocycles. The van der Waals surface area contributed by atoms with Crippen molar-refractivity contribution in [2.75, 3.05) is 16.4 Å². The van der Waals surface area contributed by atoms with E-state index in [2.05, 4.69) is 10.3 Å². The number of aromatic nitrogens is 3. The molecule has 294 valence electrons. The number of hydrogen-bond acceptors (Lipinski definition) is 8. The van der Waals surface area contributed by atoms with Crippen molar-refractivity contribution in [3.63, 3.8) is 0 Å². The first kappa shape index (κ1) is 37.6. The number of anilines is 3. The fraction of sp³-hybridized carbons (Fsp3) is 0.261. The zero-order valence-electron chi connectivity index (χ0n) is 32.6. The number of rotatable bonds is 10. The summed E-state index contributed by atoms with van der Waals surface area (Å²) in [7, 11) is -3.00. The Morgan fingerprint density at radius 2 is 1.53 bits per heavy atom. The van der Waals surface area contributed by atoms with Gasteiger partial charge in [-0.05, 0) is 73.1 Å². The molecule has 3 aliphatic rings. The first-order valence-corrected chi connectivity index (χ1v) is 22.8. The number of aliphatic hydroxyl groups is 1. The molecule has 5 atom stereocenters. The average molecular weight is 792 g/mol. The van der Waals surface area contributed by atoms with E-state index in [9.17, 15) is 14.7 Å². The van der Waals surface area contributed by atoms with Gasteiger partial charge in [0.25, 0.3) is 11.8 Å². The Balaban J connectivity index is 1.12. The Morgan fingerprint density at radius 1 is 0.845 bits per heavy atom. The summed E-state index contributed by atoms with van der Waals surface area (Å²) >= 11 is 0. The molecular formula is C46H45N5O6Si. The first-order valence-electron chi connectivity index (χ1n) is 19.7. The minimum atomic E-state index is -3.00. The normalized spacial score (nSPS) is 21.7. The number of benzene rings is 5. The number of aryl methyl sites for hydroxylation is 1. The highest BCUT2D eigenvalue weighted by atomic mass is 28.4. The predicted molar refractivity (Wildman–Crippen MR) is 223 cm³/mol. The maximum atomic E-state index is 15.3. The predicted octanol–water partition coefficient (Wildman–Crippen LogP) is 7.92. The Morgan fingerprint density at radius 3 is 2.28 bits per heavy atom. The van der Waals surface area contributed by atoms with Gasteiger partial charge in [0.05, 0.1) is 47.8 Å². The summed E-state index contributed by atoms with van der Waals surface area (Å²) in [6.45, 7) is 6.46. The molecule has 1 aromatic heterocycles. The third kappa shape index (κ3) is 6.33. The molecule has 0 radical (unpaired) electrons. The zero-order valence-corrected chi connectivity index (χ0v) is 33.6. The van der Waals surface area contributed by atoms with E-state index >= 15 is 4.79 Å². The fourth-order valence-corrected chi connectivity index (χ4v) is 12.0. The van der Waals surface area contributed by atoms with Gasteiger partial charge >= 0.3 is 0 Å². The van der Waals surface area contributed by atoms with Crippen molar-refractivity contribution in [2.24, 2.45) is 5.92 Å². The van der Waals surface area contributed by atoms with E-state index in [1.54, 1.807) is 26.6 Å². The molecule has 5 aromatic carbocycles. The molecule has 9 rings (SSSR count). The van der Waals surface area contributed by atoms with Crippen LogP contribution in [0.15, 0.2) is 134 Å². The second kappa shape index (κ2) is 14.8. The lowest BCUT2D eigenvalue weighted by atomic mass is 9.82. The molecule has 11 nitrogen and oxygen atoms in total. The topological polar surface area (TPSA) is 130 Å². The molecule has 2 N–H and O–H groups in total. The molecule has 2 amide bonds. The number of ether oxygens (including phenoxy) is 2. The Bertz CT molecular complexity index is 2490. The summed E-state index contributed by atoms with van der Waals surface area (Å²) in [5.74, 6) is -0.215. The lowest BCUT2D eigenvalue weighted by molar-refractivity contribution is -0.146. The molecule has 4 heterocycles. The monoisotopic (exact) mass is 791 g/mol. The summed E-state index contributed by atoms with van der Waals surface area (Å²) in [6, 6.07) is 39.9. The number of hydrogen-bond donors (Lipinski definition) is 2. The first-order chi connectivity index (χ1) is 28.1. The van der Waals surface area contributed by atoms with Gasteiger partial charge in [0.1, 0.15) is 5.75 Å². The van der Waals surface area contributed by atoms with Crippen LogP contribution in [0.4, 0.5) is 17.1 Å². The Labute approximate surface area is 338 Å². The van der Waals surface area contributed by atoms with E-state index in [-0.39, 0.29) is 29.9 Å². The number of nitrogens with zero attached hydrogens (tertiary/aromatic N) is 5. The van der Waals surface area contributed by atoms with E-state index in [0.29, 0.717) is 64.9 Å². The van der Waals surface area contributed by atoms with Crippen LogP contribution in [0.2, 0.25) is 18.6 Å². The molecule has 1 saturated heterocycles. The molecule has 58 heavy (non-hydrogen) atoms. The molecule has 0 saturated carbocycles. The van der Waals surface area contributed by atoms with Gasteiger partial charge in [-0.3, -0.25) is 19.2 Å². The van der Waals surface area contributed by atoms with Gasteiger partial charge < -0.3 is 24.3 Å². The number of aliphatic hydroxyl groups excluding tert-OH is 1. The molecule has 12 heteroatoms. The second-order valence-electron chi connectivity index (χ2n) is 16.0. The SMILES string of the molecule is C[C@@H]1[C@@H]([Si](C)(C)O)[C@H](CCn2cc(C(CO)c3ccccc3)nn2)O[C@@]12C(=O)N(Cc1ccccc1)c1ccc(N3C(=O)c4ccccc4Oc4ccccc43)cc12. The van der Waals surface area contributed by atoms with Crippen LogP contribution in [0.3, 0.4) is 0 Å². The van der Waals surface area contributed by atoms with Crippen LogP contribution >= 0.6 is 0 Å². The number of carbonyl (C=O) groups excluding carboxylic acids is 2. The Hall–Kier alpha value is -5.92. The second-order valence-corrected chi connectivity index (χ2v) is 20.0. The lowest BCUT2D eigenvalue weighted by Gasteiger charge is -2.32. The van der Waals surface area contributed by atoms with Crippen molar-refractivity contribution < 1.29 is 29.0 Å². The molecule has 1 fully saturated rings. The van der Waals surface area contributed by atoms with Gasteiger partial charge in [0.2, 0.25) is 0 Å². The van der Waals surface area contributed by atoms with Gasteiger partial charge in [-0.15, -0.1) is 5.10 Å². The number of para-hydroxylation sites is 3. The third-order valence-electron chi connectivity index (χ3n) is 12.0. The summed E-state index contributed by atoms with van der Waals surface area (Å²) < 4.78 is 15.3. The van der Waals surface area contributed by atoms with Crippen LogP contribution in [-0.2, 0) is 28.2 Å².